The van der Waals surface area contributed by atoms with Crippen LogP contribution in [-0.4, -0.2) is 25.4 Å². The second-order valence-electron chi connectivity index (χ2n) is 5.65. The molecular weight excluding hydrogens is 348 g/mol. The number of oxazole rings is 1. The van der Waals surface area contributed by atoms with Crippen LogP contribution >= 0.6 is 11.8 Å². The number of rotatable bonds is 4. The summed E-state index contributed by atoms with van der Waals surface area (Å²) in [6.45, 7) is 0. The zero-order valence-corrected chi connectivity index (χ0v) is 14.7. The fourth-order valence-electron chi connectivity index (χ4n) is 2.73. The van der Waals surface area contributed by atoms with Gasteiger partial charge in [0.05, 0.1) is 16.8 Å². The molecule has 0 saturated heterocycles. The minimum absolute atomic E-state index is 0.0573. The van der Waals surface area contributed by atoms with E-state index in [1.54, 1.807) is 4.57 Å². The van der Waals surface area contributed by atoms with E-state index in [1.807, 2.05) is 55.6 Å². The quantitative estimate of drug-likeness (QED) is 0.331. The molecule has 0 aliphatic carbocycles. The molecule has 2 heterocycles. The first-order valence-corrected chi connectivity index (χ1v) is 8.88. The Labute approximate surface area is 153 Å². The maximum absolute atomic E-state index is 10.5. The van der Waals surface area contributed by atoms with Gasteiger partial charge in [0.15, 0.2) is 11.4 Å². The second kappa shape index (κ2) is 6.58. The maximum atomic E-state index is 10.5. The van der Waals surface area contributed by atoms with Crippen molar-refractivity contribution >= 4 is 39.5 Å². The van der Waals surface area contributed by atoms with E-state index < -0.39 is 0 Å². The van der Waals surface area contributed by atoms with Gasteiger partial charge in [-0.3, -0.25) is 0 Å². The number of aliphatic hydroxyl groups excluding tert-OH is 1. The lowest BCUT2D eigenvalue weighted by molar-refractivity contribution is 0.419. The first-order chi connectivity index (χ1) is 12.7. The number of para-hydroxylation sites is 4. The third-order valence-electron chi connectivity index (χ3n) is 4.02. The van der Waals surface area contributed by atoms with Crippen molar-refractivity contribution in [3.8, 4) is 6.07 Å². The Bertz CT molecular complexity index is 1150. The smallest absolute Gasteiger partial charge is 0.257 e. The number of hydrogen-bond acceptors (Lipinski definition) is 6. The van der Waals surface area contributed by atoms with Crippen molar-refractivity contribution in [1.29, 1.82) is 5.26 Å². The predicted molar refractivity (Wildman–Crippen MR) is 101 cm³/mol. The summed E-state index contributed by atoms with van der Waals surface area (Å²) < 4.78 is 7.42. The van der Waals surface area contributed by atoms with Crippen LogP contribution in [0.25, 0.3) is 27.7 Å². The first kappa shape index (κ1) is 16.2. The lowest BCUT2D eigenvalue weighted by Crippen LogP contribution is -2.00. The fraction of sp³-hybridized carbons (Fsp3) is 0.105. The SMILES string of the molecule is Cn1c(/C(C#N)=C(\O)CSc2nc3ccccc3o2)nc2ccccc21. The second-order valence-corrected chi connectivity index (χ2v) is 6.58. The molecule has 0 saturated carbocycles. The molecule has 6 nitrogen and oxygen atoms in total. The summed E-state index contributed by atoms with van der Waals surface area (Å²) in [6.07, 6.45) is 0. The van der Waals surface area contributed by atoms with E-state index in [-0.39, 0.29) is 17.1 Å². The molecule has 0 fully saturated rings. The topological polar surface area (TPSA) is 87.9 Å². The highest BCUT2D eigenvalue weighted by molar-refractivity contribution is 7.99. The minimum atomic E-state index is -0.0573. The van der Waals surface area contributed by atoms with Crippen LogP contribution in [0, 0.1) is 11.3 Å². The third kappa shape index (κ3) is 2.80. The normalized spacial score (nSPS) is 12.3. The van der Waals surface area contributed by atoms with Crippen molar-refractivity contribution in [1.82, 2.24) is 14.5 Å². The van der Waals surface area contributed by atoms with E-state index in [0.717, 1.165) is 16.6 Å². The summed E-state index contributed by atoms with van der Waals surface area (Å²) in [7, 11) is 1.82. The molecule has 0 unspecified atom stereocenters. The molecule has 128 valence electrons. The van der Waals surface area contributed by atoms with Crippen LogP contribution in [0.3, 0.4) is 0 Å². The van der Waals surface area contributed by atoms with Gasteiger partial charge >= 0.3 is 0 Å². The largest absolute Gasteiger partial charge is 0.510 e. The fourth-order valence-corrected chi connectivity index (χ4v) is 3.44. The molecule has 4 aromatic rings. The van der Waals surface area contributed by atoms with E-state index in [4.69, 9.17) is 4.42 Å². The van der Waals surface area contributed by atoms with E-state index in [0.29, 0.717) is 16.6 Å². The van der Waals surface area contributed by atoms with E-state index in [9.17, 15) is 10.4 Å². The standard InChI is InChI=1S/C19H14N4O2S/c1-23-15-8-4-2-6-13(15)21-18(23)12(10-20)16(24)11-26-19-22-14-7-3-5-9-17(14)25-19/h2-9,24H,11H2,1H3/b16-12-. The minimum Gasteiger partial charge on any atom is -0.510 e. The predicted octanol–water partition coefficient (Wildman–Crippen LogP) is 4.30. The molecule has 2 aromatic carbocycles. The molecule has 0 bridgehead atoms. The van der Waals surface area contributed by atoms with Gasteiger partial charge in [0.2, 0.25) is 0 Å². The number of fused-ring (bicyclic) bond motifs is 2. The number of aryl methyl sites for hydroxylation is 1. The Morgan fingerprint density at radius 3 is 2.62 bits per heavy atom. The molecule has 2 aromatic heterocycles. The van der Waals surface area contributed by atoms with Crippen LogP contribution in [-0.2, 0) is 7.05 Å². The molecule has 0 aliphatic rings. The summed E-state index contributed by atoms with van der Waals surface area (Å²) in [5.74, 6) is 0.543. The maximum Gasteiger partial charge on any atom is 0.257 e. The van der Waals surface area contributed by atoms with Crippen molar-refractivity contribution in [2.24, 2.45) is 7.05 Å². The van der Waals surface area contributed by atoms with Crippen molar-refractivity contribution < 1.29 is 9.52 Å². The van der Waals surface area contributed by atoms with Gasteiger partial charge in [-0.05, 0) is 24.3 Å². The highest BCUT2D eigenvalue weighted by Crippen LogP contribution is 2.27. The molecule has 7 heteroatoms. The summed E-state index contributed by atoms with van der Waals surface area (Å²) >= 11 is 1.23. The average molecular weight is 362 g/mol. The monoisotopic (exact) mass is 362 g/mol. The molecule has 0 aliphatic heterocycles. The lowest BCUT2D eigenvalue weighted by Gasteiger charge is -2.04. The highest BCUT2D eigenvalue weighted by atomic mass is 32.2. The van der Waals surface area contributed by atoms with Gasteiger partial charge in [-0.15, -0.1) is 0 Å². The molecule has 26 heavy (non-hydrogen) atoms. The molecule has 1 N–H and O–H groups in total. The Kier molecular flexibility index (Phi) is 4.11. The lowest BCUT2D eigenvalue weighted by atomic mass is 10.2. The number of nitriles is 1. The third-order valence-corrected chi connectivity index (χ3v) is 4.86. The number of aromatic nitrogens is 3. The Morgan fingerprint density at radius 2 is 1.88 bits per heavy atom. The van der Waals surface area contributed by atoms with Crippen molar-refractivity contribution in [2.75, 3.05) is 5.75 Å². The van der Waals surface area contributed by atoms with Gasteiger partial charge in [-0.2, -0.15) is 5.26 Å². The Balaban J connectivity index is 1.64. The van der Waals surface area contributed by atoms with E-state index in [1.165, 1.54) is 11.8 Å². The zero-order valence-electron chi connectivity index (χ0n) is 13.9. The van der Waals surface area contributed by atoms with Crippen LogP contribution < -0.4 is 0 Å². The van der Waals surface area contributed by atoms with Crippen LogP contribution in [0.5, 0.6) is 0 Å². The van der Waals surface area contributed by atoms with Gasteiger partial charge in [0.1, 0.15) is 22.9 Å². The number of allylic oxidation sites excluding steroid dienone is 1. The molecule has 0 amide bonds. The van der Waals surface area contributed by atoms with Crippen LogP contribution in [0.15, 0.2) is 63.9 Å². The molecule has 0 radical (unpaired) electrons. The number of nitrogens with zero attached hydrogens (tertiary/aromatic N) is 4. The van der Waals surface area contributed by atoms with Crippen molar-refractivity contribution in [3.05, 3.63) is 60.1 Å². The molecule has 0 atom stereocenters. The summed E-state index contributed by atoms with van der Waals surface area (Å²) in [6, 6.07) is 17.1. The van der Waals surface area contributed by atoms with Crippen molar-refractivity contribution in [3.63, 3.8) is 0 Å². The van der Waals surface area contributed by atoms with Crippen LogP contribution in [0.1, 0.15) is 5.82 Å². The molecular formula is C19H14N4O2S. The Morgan fingerprint density at radius 1 is 1.15 bits per heavy atom. The van der Waals surface area contributed by atoms with Crippen molar-refractivity contribution in [2.45, 2.75) is 5.22 Å². The van der Waals surface area contributed by atoms with Crippen LogP contribution in [0.4, 0.5) is 0 Å². The average Bonchev–Trinajstić information content (AvgIpc) is 3.22. The number of imidazole rings is 1. The van der Waals surface area contributed by atoms with Gasteiger partial charge < -0.3 is 14.1 Å². The van der Waals surface area contributed by atoms with Gasteiger partial charge in [0.25, 0.3) is 5.22 Å². The summed E-state index contributed by atoms with van der Waals surface area (Å²) in [4.78, 5) is 8.82. The summed E-state index contributed by atoms with van der Waals surface area (Å²) in [5, 5.41) is 20.4. The van der Waals surface area contributed by atoms with Crippen LogP contribution in [0.2, 0.25) is 0 Å². The molecule has 4 rings (SSSR count). The first-order valence-electron chi connectivity index (χ1n) is 7.90. The van der Waals surface area contributed by atoms with E-state index in [2.05, 4.69) is 16.0 Å². The number of benzene rings is 2. The van der Waals surface area contributed by atoms with Gasteiger partial charge in [-0.25, -0.2) is 9.97 Å². The number of hydrogen-bond donors (Lipinski definition) is 1. The molecule has 0 spiro atoms. The Hall–Kier alpha value is -3.24. The highest BCUT2D eigenvalue weighted by Gasteiger charge is 2.17. The summed E-state index contributed by atoms with van der Waals surface area (Å²) in [5.41, 5.74) is 3.27. The number of thioether (sulfide) groups is 1. The number of aliphatic hydroxyl groups is 1. The zero-order chi connectivity index (χ0) is 18.1. The van der Waals surface area contributed by atoms with E-state index >= 15 is 0 Å². The van der Waals surface area contributed by atoms with Gasteiger partial charge in [-0.1, -0.05) is 36.0 Å². The van der Waals surface area contributed by atoms with Gasteiger partial charge in [0, 0.05) is 7.05 Å².